The zero-order chi connectivity index (χ0) is 16.6. The third-order valence-electron chi connectivity index (χ3n) is 4.16. The highest BCUT2D eigenvalue weighted by atomic mass is 32.2. The van der Waals surface area contributed by atoms with Gasteiger partial charge in [-0.3, -0.25) is 4.79 Å². The summed E-state index contributed by atoms with van der Waals surface area (Å²) in [6.07, 6.45) is 6.72. The lowest BCUT2D eigenvalue weighted by Crippen LogP contribution is -2.33. The lowest BCUT2D eigenvalue weighted by atomic mass is 9.98. The Morgan fingerprint density at radius 1 is 1.52 bits per heavy atom. The van der Waals surface area contributed by atoms with Gasteiger partial charge in [0.25, 0.3) is 5.91 Å². The van der Waals surface area contributed by atoms with Crippen molar-refractivity contribution < 1.29 is 13.2 Å². The van der Waals surface area contributed by atoms with Crippen molar-refractivity contribution in [2.75, 3.05) is 6.54 Å². The molecule has 2 aromatic rings. The largest absolute Gasteiger partial charge is 0.364 e. The third-order valence-corrected chi connectivity index (χ3v) is 5.55. The van der Waals surface area contributed by atoms with E-state index in [4.69, 9.17) is 5.73 Å². The average Bonchev–Trinajstić information content (AvgIpc) is 3.11. The summed E-state index contributed by atoms with van der Waals surface area (Å²) in [5.74, 6) is 0.531. The van der Waals surface area contributed by atoms with Gasteiger partial charge in [-0.1, -0.05) is 0 Å². The van der Waals surface area contributed by atoms with Crippen molar-refractivity contribution in [3.05, 3.63) is 36.2 Å². The topological polar surface area (TPSA) is 112 Å². The quantitative estimate of drug-likeness (QED) is 0.791. The van der Waals surface area contributed by atoms with Gasteiger partial charge in [0.2, 0.25) is 10.0 Å². The molecule has 0 aromatic carbocycles. The average molecular weight is 337 g/mol. The molecule has 1 unspecified atom stereocenters. The maximum Gasteiger partial charge on any atom is 0.265 e. The smallest absolute Gasteiger partial charge is 0.265 e. The van der Waals surface area contributed by atoms with Crippen LogP contribution in [0.1, 0.15) is 22.7 Å². The van der Waals surface area contributed by atoms with Crippen molar-refractivity contribution in [2.45, 2.75) is 24.3 Å². The maximum absolute atomic E-state index is 12.4. The van der Waals surface area contributed by atoms with E-state index in [9.17, 15) is 13.2 Å². The fourth-order valence-electron chi connectivity index (χ4n) is 2.83. The van der Waals surface area contributed by atoms with E-state index >= 15 is 0 Å². The van der Waals surface area contributed by atoms with Crippen molar-refractivity contribution in [2.24, 2.45) is 18.7 Å². The van der Waals surface area contributed by atoms with Gasteiger partial charge < -0.3 is 14.9 Å². The Morgan fingerprint density at radius 2 is 2.30 bits per heavy atom. The molecule has 1 aliphatic heterocycles. The number of fused-ring (bicyclic) bond motifs is 1. The number of nitrogens with zero attached hydrogens (tertiary/aromatic N) is 3. The van der Waals surface area contributed by atoms with Crippen LogP contribution in [0.4, 0.5) is 0 Å². The molecule has 1 aliphatic rings. The molecular weight excluding hydrogens is 318 g/mol. The molecule has 0 bridgehead atoms. The van der Waals surface area contributed by atoms with Gasteiger partial charge in [0.05, 0.1) is 0 Å². The van der Waals surface area contributed by atoms with Crippen LogP contribution in [0.2, 0.25) is 0 Å². The van der Waals surface area contributed by atoms with Crippen LogP contribution in [0.3, 0.4) is 0 Å². The van der Waals surface area contributed by atoms with Crippen LogP contribution < -0.4 is 10.5 Å². The first-order valence-electron chi connectivity index (χ1n) is 7.32. The predicted octanol–water partition coefficient (Wildman–Crippen LogP) is -0.139. The fourth-order valence-corrected chi connectivity index (χ4v) is 4.01. The number of aryl methyl sites for hydroxylation is 2. The van der Waals surface area contributed by atoms with Gasteiger partial charge in [-0.25, -0.2) is 18.1 Å². The molecule has 0 saturated carbocycles. The first kappa shape index (κ1) is 15.8. The molecule has 0 fully saturated rings. The molecule has 0 saturated heterocycles. The molecule has 3 rings (SSSR count). The lowest BCUT2D eigenvalue weighted by Gasteiger charge is -2.23. The summed E-state index contributed by atoms with van der Waals surface area (Å²) in [4.78, 5) is 15.6. The monoisotopic (exact) mass is 337 g/mol. The summed E-state index contributed by atoms with van der Waals surface area (Å²) >= 11 is 0. The second-order valence-electron chi connectivity index (χ2n) is 5.78. The molecule has 2 aromatic heterocycles. The molecular formula is C14H19N5O3S. The van der Waals surface area contributed by atoms with Gasteiger partial charge in [0.1, 0.15) is 16.4 Å². The van der Waals surface area contributed by atoms with E-state index < -0.39 is 15.9 Å². The number of sulfonamides is 1. The van der Waals surface area contributed by atoms with E-state index in [-0.39, 0.29) is 16.5 Å². The van der Waals surface area contributed by atoms with Crippen molar-refractivity contribution in [3.8, 4) is 0 Å². The van der Waals surface area contributed by atoms with E-state index in [2.05, 4.69) is 14.3 Å². The number of aromatic nitrogens is 3. The van der Waals surface area contributed by atoms with Crippen LogP contribution in [0.25, 0.3) is 0 Å². The number of imidazole rings is 1. The summed E-state index contributed by atoms with van der Waals surface area (Å²) in [5.41, 5.74) is 5.37. The summed E-state index contributed by atoms with van der Waals surface area (Å²) in [6, 6.07) is 1.29. The van der Waals surface area contributed by atoms with E-state index in [1.807, 2.05) is 6.20 Å². The van der Waals surface area contributed by atoms with E-state index in [1.165, 1.54) is 16.8 Å². The minimum Gasteiger partial charge on any atom is -0.364 e. The molecule has 23 heavy (non-hydrogen) atoms. The predicted molar refractivity (Wildman–Crippen MR) is 83.2 cm³/mol. The normalized spacial score (nSPS) is 17.9. The number of amides is 1. The third kappa shape index (κ3) is 3.15. The Hall–Kier alpha value is -2.13. The highest BCUT2D eigenvalue weighted by Crippen LogP contribution is 2.19. The second kappa shape index (κ2) is 5.82. The Kier molecular flexibility index (Phi) is 3.99. The standard InChI is InChI=1S/C14H19N5O3S/c1-18-9-11(7-12(18)14(15)20)23(21,22)17-8-10-2-4-19-5-3-16-13(19)6-10/h3,5,7,9-10,17H,2,4,6,8H2,1H3,(H2,15,20). The van der Waals surface area contributed by atoms with Gasteiger partial charge in [-0.2, -0.15) is 0 Å². The van der Waals surface area contributed by atoms with Crippen LogP contribution in [-0.4, -0.2) is 35.0 Å². The van der Waals surface area contributed by atoms with Crippen molar-refractivity contribution in [1.82, 2.24) is 18.8 Å². The Morgan fingerprint density at radius 3 is 3.00 bits per heavy atom. The number of primary amides is 1. The Labute approximate surface area is 134 Å². The van der Waals surface area contributed by atoms with Crippen LogP contribution in [0, 0.1) is 5.92 Å². The minimum absolute atomic E-state index is 0.0473. The van der Waals surface area contributed by atoms with Crippen molar-refractivity contribution >= 4 is 15.9 Å². The number of nitrogens with two attached hydrogens (primary N) is 1. The highest BCUT2D eigenvalue weighted by molar-refractivity contribution is 7.89. The molecule has 3 N–H and O–H groups in total. The molecule has 3 heterocycles. The number of carbonyl (C=O) groups is 1. The first-order valence-corrected chi connectivity index (χ1v) is 8.81. The number of hydrogen-bond donors (Lipinski definition) is 2. The molecule has 1 amide bonds. The van der Waals surface area contributed by atoms with E-state index in [0.29, 0.717) is 6.54 Å². The molecule has 0 spiro atoms. The SMILES string of the molecule is Cn1cc(S(=O)(=O)NCC2CCn3ccnc3C2)cc1C(N)=O. The van der Waals surface area contributed by atoms with Gasteiger partial charge in [0.15, 0.2) is 0 Å². The van der Waals surface area contributed by atoms with E-state index in [1.54, 1.807) is 13.2 Å². The second-order valence-corrected chi connectivity index (χ2v) is 7.55. The summed E-state index contributed by atoms with van der Waals surface area (Å²) in [7, 11) is -2.08. The summed E-state index contributed by atoms with van der Waals surface area (Å²) in [5, 5.41) is 0. The number of carbonyl (C=O) groups excluding carboxylic acids is 1. The van der Waals surface area contributed by atoms with Gasteiger partial charge in [0, 0.05) is 45.1 Å². The van der Waals surface area contributed by atoms with Crippen LogP contribution >= 0.6 is 0 Å². The van der Waals surface area contributed by atoms with Crippen LogP contribution in [-0.2, 0) is 30.0 Å². The molecule has 0 aliphatic carbocycles. The molecule has 1 atom stereocenters. The number of rotatable bonds is 5. The van der Waals surface area contributed by atoms with Crippen molar-refractivity contribution in [3.63, 3.8) is 0 Å². The van der Waals surface area contributed by atoms with Crippen molar-refractivity contribution in [1.29, 1.82) is 0 Å². The van der Waals surface area contributed by atoms with Crippen LogP contribution in [0.15, 0.2) is 29.6 Å². The van der Waals surface area contributed by atoms with Gasteiger partial charge in [-0.15, -0.1) is 0 Å². The molecule has 8 nitrogen and oxygen atoms in total. The zero-order valence-electron chi connectivity index (χ0n) is 12.8. The molecule has 9 heteroatoms. The highest BCUT2D eigenvalue weighted by Gasteiger charge is 2.23. The fraction of sp³-hybridized carbons (Fsp3) is 0.429. The first-order chi connectivity index (χ1) is 10.9. The molecule has 124 valence electrons. The summed E-state index contributed by atoms with van der Waals surface area (Å²) < 4.78 is 30.8. The van der Waals surface area contributed by atoms with Gasteiger partial charge in [-0.05, 0) is 18.4 Å². The Bertz CT molecular complexity index is 836. The lowest BCUT2D eigenvalue weighted by molar-refractivity contribution is 0.0992. The Balaban J connectivity index is 1.68. The maximum atomic E-state index is 12.4. The minimum atomic E-state index is -3.66. The zero-order valence-corrected chi connectivity index (χ0v) is 13.6. The van der Waals surface area contributed by atoms with E-state index in [0.717, 1.165) is 25.2 Å². The van der Waals surface area contributed by atoms with Gasteiger partial charge >= 0.3 is 0 Å². The number of hydrogen-bond acceptors (Lipinski definition) is 4. The summed E-state index contributed by atoms with van der Waals surface area (Å²) in [6.45, 7) is 1.19. The molecule has 0 radical (unpaired) electrons. The number of nitrogens with one attached hydrogen (secondary N) is 1. The van der Waals surface area contributed by atoms with Crippen LogP contribution in [0.5, 0.6) is 0 Å².